The van der Waals surface area contributed by atoms with Crippen LogP contribution in [0.2, 0.25) is 0 Å². The number of amides is 1. The van der Waals surface area contributed by atoms with Gasteiger partial charge in [-0.3, -0.25) is 9.59 Å². The Kier molecular flexibility index (Phi) is 11.8. The van der Waals surface area contributed by atoms with Crippen molar-refractivity contribution < 1.29 is 27.5 Å². The lowest BCUT2D eigenvalue weighted by atomic mass is 9.81. The first kappa shape index (κ1) is 34.6. The van der Waals surface area contributed by atoms with Crippen molar-refractivity contribution in [2.75, 3.05) is 32.9 Å². The fourth-order valence-electron chi connectivity index (χ4n) is 6.47. The monoisotopic (exact) mass is 640 g/mol. The zero-order valence-corrected chi connectivity index (χ0v) is 28.0. The first-order valence-corrected chi connectivity index (χ1v) is 17.4. The van der Waals surface area contributed by atoms with Gasteiger partial charge in [-0.15, -0.1) is 0 Å². The molecule has 1 heterocycles. The molecular formula is C34H48N4O6S. The number of aldehydes is 1. The molecule has 0 radical (unpaired) electrons. The Balaban J connectivity index is 1.51. The Morgan fingerprint density at radius 3 is 2.36 bits per heavy atom. The molecule has 45 heavy (non-hydrogen) atoms. The van der Waals surface area contributed by atoms with Gasteiger partial charge in [-0.2, -0.15) is 12.7 Å². The molecule has 1 aliphatic rings. The summed E-state index contributed by atoms with van der Waals surface area (Å²) in [5, 5.41) is 6.45. The number of nitrogens with two attached hydrogens (primary N) is 1. The van der Waals surface area contributed by atoms with Crippen LogP contribution in [0.3, 0.4) is 0 Å². The Labute approximate surface area is 267 Å². The number of ether oxygens (including phenoxy) is 2. The summed E-state index contributed by atoms with van der Waals surface area (Å²) in [6.45, 7) is 8.14. The van der Waals surface area contributed by atoms with Crippen LogP contribution in [0.25, 0.3) is 22.2 Å². The van der Waals surface area contributed by atoms with E-state index in [0.717, 1.165) is 41.3 Å². The predicted molar refractivity (Wildman–Crippen MR) is 178 cm³/mol. The molecule has 1 aliphatic carbocycles. The molecule has 0 aliphatic heterocycles. The number of carbonyl (C=O) groups excluding carboxylic acids is 2. The average molecular weight is 641 g/mol. The highest BCUT2D eigenvalue weighted by atomic mass is 32.2. The lowest BCUT2D eigenvalue weighted by molar-refractivity contribution is -0.135. The second kappa shape index (κ2) is 15.4. The first-order chi connectivity index (χ1) is 21.4. The summed E-state index contributed by atoms with van der Waals surface area (Å²) in [5.74, 6) is 0.862. The lowest BCUT2D eigenvalue weighted by Crippen LogP contribution is -2.44. The zero-order valence-electron chi connectivity index (χ0n) is 27.2. The highest BCUT2D eigenvalue weighted by Crippen LogP contribution is 2.45. The normalized spacial score (nSPS) is 14.5. The Bertz CT molecular complexity index is 1580. The van der Waals surface area contributed by atoms with E-state index in [-0.39, 0.29) is 44.4 Å². The molecule has 0 bridgehead atoms. The van der Waals surface area contributed by atoms with E-state index < -0.39 is 10.2 Å². The minimum atomic E-state index is -3.82. The number of fused-ring (bicyclic) bond motifs is 1. The number of rotatable bonds is 15. The van der Waals surface area contributed by atoms with Crippen molar-refractivity contribution in [2.45, 2.75) is 77.8 Å². The van der Waals surface area contributed by atoms with Gasteiger partial charge in [-0.25, -0.2) is 5.14 Å². The van der Waals surface area contributed by atoms with E-state index in [4.69, 9.17) is 14.6 Å². The Hall–Kier alpha value is -3.25. The van der Waals surface area contributed by atoms with Crippen LogP contribution in [-0.2, 0) is 26.8 Å². The minimum Gasteiger partial charge on any atom is -0.483 e. The number of para-hydroxylation sites is 1. The molecule has 4 rings (SSSR count). The van der Waals surface area contributed by atoms with Crippen LogP contribution in [-0.4, -0.2) is 79.4 Å². The standard InChI is InChI=1S/C34H48N4O6S/c1-24(2)37(17-19-43-20-18-38(25(3)4)45(35,41)42)32(40)23-44-31-14-10-9-13-29(31)34-33(27-11-7-6-8-12-27)28-16-15-26(22-39)21-30(28)36(34)5/h9-10,13-16,21-22,24-25,27H,6-8,11-12,17-20,23H2,1-5H3,(H2,35,41,42). The maximum atomic E-state index is 13.4. The molecule has 1 aromatic heterocycles. The average Bonchev–Trinajstić information content (AvgIpc) is 3.30. The largest absolute Gasteiger partial charge is 0.483 e. The molecule has 0 unspecified atom stereocenters. The van der Waals surface area contributed by atoms with Crippen molar-refractivity contribution in [1.82, 2.24) is 13.8 Å². The molecule has 0 spiro atoms. The van der Waals surface area contributed by atoms with Gasteiger partial charge in [-0.05, 0) is 70.2 Å². The molecule has 2 N–H and O–H groups in total. The van der Waals surface area contributed by atoms with Gasteiger partial charge in [0.25, 0.3) is 16.1 Å². The fourth-order valence-corrected chi connectivity index (χ4v) is 7.38. The van der Waals surface area contributed by atoms with Crippen LogP contribution in [0.15, 0.2) is 42.5 Å². The van der Waals surface area contributed by atoms with Crippen LogP contribution in [0.4, 0.5) is 0 Å². The van der Waals surface area contributed by atoms with Gasteiger partial charge in [0.15, 0.2) is 6.61 Å². The zero-order chi connectivity index (χ0) is 32.7. The molecule has 1 saturated carbocycles. The van der Waals surface area contributed by atoms with E-state index in [9.17, 15) is 18.0 Å². The SMILES string of the molecule is CC(C)N(CCOCCN(C(C)C)S(N)(=O)=O)C(=O)COc1ccccc1-c1c(C2CCCCC2)c2ccc(C=O)cc2n1C. The maximum absolute atomic E-state index is 13.4. The van der Waals surface area contributed by atoms with Gasteiger partial charge < -0.3 is 18.9 Å². The van der Waals surface area contributed by atoms with Crippen LogP contribution in [0.5, 0.6) is 5.75 Å². The summed E-state index contributed by atoms with van der Waals surface area (Å²) in [6, 6.07) is 13.4. The van der Waals surface area contributed by atoms with Crippen LogP contribution in [0, 0.1) is 0 Å². The third-order valence-corrected chi connectivity index (χ3v) is 9.94. The van der Waals surface area contributed by atoms with Crippen molar-refractivity contribution >= 4 is 33.3 Å². The molecule has 1 amide bonds. The molecule has 10 nitrogen and oxygen atoms in total. The summed E-state index contributed by atoms with van der Waals surface area (Å²) in [5.41, 5.74) is 4.91. The van der Waals surface area contributed by atoms with E-state index in [1.807, 2.05) is 57.3 Å². The molecule has 0 atom stereocenters. The third kappa shape index (κ3) is 8.32. The van der Waals surface area contributed by atoms with Crippen molar-refractivity contribution in [2.24, 2.45) is 12.2 Å². The third-order valence-electron chi connectivity index (χ3n) is 8.69. The van der Waals surface area contributed by atoms with E-state index >= 15 is 0 Å². The second-order valence-electron chi connectivity index (χ2n) is 12.4. The number of hydrogen-bond acceptors (Lipinski definition) is 6. The minimum absolute atomic E-state index is 0.0837. The smallest absolute Gasteiger partial charge is 0.277 e. The molecular weight excluding hydrogens is 592 g/mol. The van der Waals surface area contributed by atoms with Crippen LogP contribution >= 0.6 is 0 Å². The first-order valence-electron chi connectivity index (χ1n) is 15.9. The van der Waals surface area contributed by atoms with Crippen molar-refractivity contribution in [1.29, 1.82) is 0 Å². The highest BCUT2D eigenvalue weighted by molar-refractivity contribution is 7.86. The molecule has 2 aromatic carbocycles. The topological polar surface area (TPSA) is 124 Å². The quantitative estimate of drug-likeness (QED) is 0.179. The summed E-state index contributed by atoms with van der Waals surface area (Å²) in [7, 11) is -1.79. The number of aromatic nitrogens is 1. The summed E-state index contributed by atoms with van der Waals surface area (Å²) in [4.78, 5) is 26.7. The van der Waals surface area contributed by atoms with Gasteiger partial charge >= 0.3 is 0 Å². The summed E-state index contributed by atoms with van der Waals surface area (Å²) in [6.07, 6.45) is 6.74. The van der Waals surface area contributed by atoms with E-state index in [2.05, 4.69) is 10.6 Å². The van der Waals surface area contributed by atoms with E-state index in [1.54, 1.807) is 18.7 Å². The van der Waals surface area contributed by atoms with Gasteiger partial charge in [0.05, 0.1) is 18.9 Å². The van der Waals surface area contributed by atoms with Crippen molar-refractivity contribution in [3.8, 4) is 17.0 Å². The van der Waals surface area contributed by atoms with Crippen LogP contribution < -0.4 is 9.88 Å². The summed E-state index contributed by atoms with van der Waals surface area (Å²) >= 11 is 0. The van der Waals surface area contributed by atoms with E-state index in [1.165, 1.54) is 29.1 Å². The Morgan fingerprint density at radius 2 is 1.71 bits per heavy atom. The van der Waals surface area contributed by atoms with E-state index in [0.29, 0.717) is 23.8 Å². The number of carbonyl (C=O) groups is 2. The number of aryl methyl sites for hydroxylation is 1. The maximum Gasteiger partial charge on any atom is 0.277 e. The predicted octanol–water partition coefficient (Wildman–Crippen LogP) is 5.25. The lowest BCUT2D eigenvalue weighted by Gasteiger charge is -2.27. The molecule has 1 fully saturated rings. The number of nitrogens with zero attached hydrogens (tertiary/aromatic N) is 3. The molecule has 11 heteroatoms. The van der Waals surface area contributed by atoms with Crippen molar-refractivity contribution in [3.05, 3.63) is 53.6 Å². The fraction of sp³-hybridized carbons (Fsp3) is 0.529. The van der Waals surface area contributed by atoms with Crippen LogP contribution in [0.1, 0.15) is 81.6 Å². The van der Waals surface area contributed by atoms with Gasteiger partial charge in [-0.1, -0.05) is 43.5 Å². The summed E-state index contributed by atoms with van der Waals surface area (Å²) < 4.78 is 38.8. The van der Waals surface area contributed by atoms with Gasteiger partial charge in [0.1, 0.15) is 12.0 Å². The highest BCUT2D eigenvalue weighted by Gasteiger charge is 2.28. The molecule has 0 saturated heterocycles. The molecule has 246 valence electrons. The van der Waals surface area contributed by atoms with Crippen molar-refractivity contribution in [3.63, 3.8) is 0 Å². The molecule has 3 aromatic rings. The van der Waals surface area contributed by atoms with Gasteiger partial charge in [0.2, 0.25) is 0 Å². The second-order valence-corrected chi connectivity index (χ2v) is 13.9. The Morgan fingerprint density at radius 1 is 1.02 bits per heavy atom. The number of benzene rings is 2. The number of hydrogen-bond donors (Lipinski definition) is 1. The van der Waals surface area contributed by atoms with Gasteiger partial charge in [0, 0.05) is 54.3 Å².